The van der Waals surface area contributed by atoms with Gasteiger partial charge in [-0.05, 0) is 17.7 Å². The third-order valence-electron chi connectivity index (χ3n) is 4.14. The fraction of sp³-hybridized carbons (Fsp3) is 0.250. The van der Waals surface area contributed by atoms with Gasteiger partial charge < -0.3 is 4.18 Å². The van der Waals surface area contributed by atoms with Crippen LogP contribution >= 0.6 is 11.6 Å². The van der Waals surface area contributed by atoms with Crippen LogP contribution in [0.1, 0.15) is 11.6 Å². The quantitative estimate of drug-likeness (QED) is 0.312. The number of nitrogens with zero attached hydrogens (tertiary/aromatic N) is 1. The van der Waals surface area contributed by atoms with Gasteiger partial charge in [-0.15, -0.1) is 0 Å². The minimum atomic E-state index is -4.88. The zero-order chi connectivity index (χ0) is 20.8. The molecule has 0 spiro atoms. The molecule has 0 N–H and O–H groups in total. The molecule has 2 aromatic carbocycles. The van der Waals surface area contributed by atoms with Crippen molar-refractivity contribution in [2.75, 3.05) is 13.7 Å². The normalized spacial score (nSPS) is 20.5. The summed E-state index contributed by atoms with van der Waals surface area (Å²) in [7, 11) is -3.47. The van der Waals surface area contributed by atoms with Crippen LogP contribution in [0.15, 0.2) is 24.3 Å². The van der Waals surface area contributed by atoms with E-state index in [0.29, 0.717) is 10.6 Å². The molecule has 12 heteroatoms. The van der Waals surface area contributed by atoms with E-state index < -0.39 is 62.9 Å². The third-order valence-corrected chi connectivity index (χ3v) is 5.92. The van der Waals surface area contributed by atoms with E-state index in [2.05, 4.69) is 4.18 Å². The Morgan fingerprint density at radius 1 is 1.00 bits per heavy atom. The summed E-state index contributed by atoms with van der Waals surface area (Å²) in [6, 6.07) is 4.98. The largest absolute Gasteiger partial charge is 0.376 e. The van der Waals surface area contributed by atoms with Crippen LogP contribution in [-0.4, -0.2) is 32.4 Å². The second-order valence-corrected chi connectivity index (χ2v) is 8.05. The van der Waals surface area contributed by atoms with Gasteiger partial charge in [0, 0.05) is 12.1 Å². The summed E-state index contributed by atoms with van der Waals surface area (Å²) < 4.78 is 96.8. The highest BCUT2D eigenvalue weighted by molar-refractivity contribution is 7.87. The molecule has 5 nitrogen and oxygen atoms in total. The van der Waals surface area contributed by atoms with E-state index >= 15 is 0 Å². The van der Waals surface area contributed by atoms with E-state index in [1.807, 2.05) is 0 Å². The maximum Gasteiger partial charge on any atom is 0.316 e. The molecular formula is C16H11ClF5NO4S. The molecule has 1 aliphatic rings. The third kappa shape index (κ3) is 3.54. The topological polar surface area (TPSA) is 55.8 Å². The van der Waals surface area contributed by atoms with Crippen LogP contribution in [0.25, 0.3) is 0 Å². The minimum absolute atomic E-state index is 0.377. The molecule has 2 atom stereocenters. The molecule has 152 valence electrons. The van der Waals surface area contributed by atoms with Gasteiger partial charge in [0.05, 0.1) is 12.6 Å². The maximum absolute atomic E-state index is 13.8. The summed E-state index contributed by atoms with van der Waals surface area (Å²) in [6.07, 6.45) is 0. The first-order chi connectivity index (χ1) is 13.0. The van der Waals surface area contributed by atoms with E-state index in [4.69, 9.17) is 16.4 Å². The molecule has 1 fully saturated rings. The number of hydroxylamine groups is 2. The number of rotatable bonds is 4. The minimum Gasteiger partial charge on any atom is -0.376 e. The second kappa shape index (κ2) is 7.47. The van der Waals surface area contributed by atoms with Crippen molar-refractivity contribution in [3.63, 3.8) is 0 Å². The fourth-order valence-electron chi connectivity index (χ4n) is 2.76. The highest BCUT2D eigenvalue weighted by Gasteiger charge is 2.45. The lowest BCUT2D eigenvalue weighted by molar-refractivity contribution is -0.110. The van der Waals surface area contributed by atoms with Gasteiger partial charge >= 0.3 is 10.1 Å². The fourth-order valence-corrected chi connectivity index (χ4v) is 4.26. The van der Waals surface area contributed by atoms with Crippen LogP contribution in [0.4, 0.5) is 22.0 Å². The molecule has 0 saturated carbocycles. The van der Waals surface area contributed by atoms with Gasteiger partial charge in [0.2, 0.25) is 34.8 Å². The van der Waals surface area contributed by atoms with Crippen LogP contribution < -0.4 is 4.18 Å². The summed E-state index contributed by atoms with van der Waals surface area (Å²) in [5, 5.41) is 0.0314. The molecule has 3 rings (SSSR count). The molecule has 0 amide bonds. The molecule has 0 bridgehead atoms. The number of hydrogen-bond acceptors (Lipinski definition) is 5. The first-order valence-electron chi connectivity index (χ1n) is 7.60. The Bertz CT molecular complexity index is 990. The Morgan fingerprint density at radius 2 is 1.50 bits per heavy atom. The Morgan fingerprint density at radius 3 is 2.04 bits per heavy atom. The van der Waals surface area contributed by atoms with E-state index in [0.717, 1.165) is 0 Å². The Balaban J connectivity index is 2.00. The van der Waals surface area contributed by atoms with Crippen LogP contribution in [-0.2, 0) is 15.0 Å². The molecule has 1 saturated heterocycles. The average Bonchev–Trinajstić information content (AvgIpc) is 3.05. The van der Waals surface area contributed by atoms with Crippen molar-refractivity contribution >= 4 is 21.7 Å². The van der Waals surface area contributed by atoms with Crippen LogP contribution in [0, 0.1) is 29.1 Å². The standard InChI is InChI=1S/C16H11ClF5NO4S/c1-23-15(7-2-4-8(17)5-3-7)9(6-26-23)28(24,25)27-16-13(21)11(19)10(18)12(20)14(16)22/h2-5,9,15H,6H2,1H3. The van der Waals surface area contributed by atoms with Gasteiger partial charge in [-0.2, -0.15) is 22.3 Å². The van der Waals surface area contributed by atoms with Crippen molar-refractivity contribution in [3.8, 4) is 5.75 Å². The lowest BCUT2D eigenvalue weighted by Gasteiger charge is -2.23. The maximum atomic E-state index is 13.8. The van der Waals surface area contributed by atoms with Gasteiger partial charge in [0.15, 0.2) is 0 Å². The summed E-state index contributed by atoms with van der Waals surface area (Å²) >= 11 is 5.79. The first-order valence-corrected chi connectivity index (χ1v) is 9.45. The van der Waals surface area contributed by atoms with Crippen molar-refractivity contribution in [1.29, 1.82) is 0 Å². The molecule has 0 radical (unpaired) electrons. The predicted octanol–water partition coefficient (Wildman–Crippen LogP) is 3.73. The van der Waals surface area contributed by atoms with E-state index in [1.165, 1.54) is 36.4 Å². The van der Waals surface area contributed by atoms with Crippen molar-refractivity contribution in [2.24, 2.45) is 0 Å². The Hall–Kier alpha value is -1.95. The molecule has 28 heavy (non-hydrogen) atoms. The number of hydrogen-bond donors (Lipinski definition) is 0. The lowest BCUT2D eigenvalue weighted by Crippen LogP contribution is -2.34. The van der Waals surface area contributed by atoms with Gasteiger partial charge in [-0.1, -0.05) is 23.7 Å². The Kier molecular flexibility index (Phi) is 5.54. The van der Waals surface area contributed by atoms with Crippen molar-refractivity contribution < 1.29 is 39.4 Å². The second-order valence-electron chi connectivity index (χ2n) is 5.85. The summed E-state index contributed by atoms with van der Waals surface area (Å²) in [6.45, 7) is -0.471. The first kappa shape index (κ1) is 20.8. The van der Waals surface area contributed by atoms with Crippen LogP contribution in [0.2, 0.25) is 5.02 Å². The highest BCUT2D eigenvalue weighted by Crippen LogP contribution is 2.37. The average molecular weight is 444 g/mol. The number of benzene rings is 2. The van der Waals surface area contributed by atoms with Gasteiger partial charge in [-0.25, -0.2) is 13.2 Å². The summed E-state index contributed by atoms with van der Waals surface area (Å²) in [4.78, 5) is 5.16. The van der Waals surface area contributed by atoms with E-state index in [-0.39, 0.29) is 0 Å². The monoisotopic (exact) mass is 443 g/mol. The molecule has 0 aliphatic carbocycles. The summed E-state index contributed by atoms with van der Waals surface area (Å²) in [5.41, 5.74) is 0.416. The molecule has 2 aromatic rings. The van der Waals surface area contributed by atoms with Crippen LogP contribution in [0.5, 0.6) is 5.75 Å². The SMILES string of the molecule is CN1OCC(S(=O)(=O)Oc2c(F)c(F)c(F)c(F)c2F)C1c1ccc(Cl)cc1. The smallest absolute Gasteiger partial charge is 0.316 e. The highest BCUT2D eigenvalue weighted by atomic mass is 35.5. The lowest BCUT2D eigenvalue weighted by atomic mass is 10.0. The van der Waals surface area contributed by atoms with Gasteiger partial charge in [0.1, 0.15) is 5.25 Å². The Labute approximate surface area is 161 Å². The number of halogens is 6. The zero-order valence-electron chi connectivity index (χ0n) is 13.9. The molecular weight excluding hydrogens is 433 g/mol. The van der Waals surface area contributed by atoms with Crippen molar-refractivity contribution in [1.82, 2.24) is 5.06 Å². The van der Waals surface area contributed by atoms with Gasteiger partial charge in [0.25, 0.3) is 0 Å². The van der Waals surface area contributed by atoms with E-state index in [9.17, 15) is 30.4 Å². The van der Waals surface area contributed by atoms with Crippen molar-refractivity contribution in [3.05, 3.63) is 63.9 Å². The van der Waals surface area contributed by atoms with E-state index in [1.54, 1.807) is 0 Å². The molecule has 1 aliphatic heterocycles. The molecule has 2 unspecified atom stereocenters. The van der Waals surface area contributed by atoms with Crippen LogP contribution in [0.3, 0.4) is 0 Å². The summed E-state index contributed by atoms with van der Waals surface area (Å²) in [5.74, 6) is -13.8. The van der Waals surface area contributed by atoms with Crippen molar-refractivity contribution in [2.45, 2.75) is 11.3 Å². The predicted molar refractivity (Wildman–Crippen MR) is 87.5 cm³/mol. The zero-order valence-corrected chi connectivity index (χ0v) is 15.5. The molecule has 1 heterocycles. The molecule has 0 aromatic heterocycles. The van der Waals surface area contributed by atoms with Gasteiger partial charge in [-0.3, -0.25) is 4.84 Å².